The van der Waals surface area contributed by atoms with Gasteiger partial charge in [-0.3, -0.25) is 4.79 Å². The molecular weight excluding hydrogens is 318 g/mol. The van der Waals surface area contributed by atoms with Crippen molar-refractivity contribution in [3.63, 3.8) is 0 Å². The summed E-state index contributed by atoms with van der Waals surface area (Å²) in [5, 5.41) is 8.21. The highest BCUT2D eigenvalue weighted by Gasteiger charge is 2.41. The van der Waals surface area contributed by atoms with Crippen LogP contribution in [0.5, 0.6) is 0 Å². The number of nitrogens with one attached hydrogen (secondary N) is 1. The molecule has 2 aliphatic rings. The van der Waals surface area contributed by atoms with Crippen LogP contribution in [0, 0.1) is 5.41 Å². The van der Waals surface area contributed by atoms with Crippen molar-refractivity contribution in [3.05, 3.63) is 0 Å². The Labute approximate surface area is 125 Å². The molecule has 0 amide bonds. The summed E-state index contributed by atoms with van der Waals surface area (Å²) in [5.74, 6) is -1.12. The molecule has 0 atom stereocenters. The summed E-state index contributed by atoms with van der Waals surface area (Å²) in [6.45, 7) is 0.130. The van der Waals surface area contributed by atoms with E-state index in [9.17, 15) is 21.6 Å². The van der Waals surface area contributed by atoms with Gasteiger partial charge < -0.3 is 5.11 Å². The van der Waals surface area contributed by atoms with E-state index in [2.05, 4.69) is 4.72 Å². The van der Waals surface area contributed by atoms with Crippen molar-refractivity contribution in [1.82, 2.24) is 4.72 Å². The lowest BCUT2D eigenvalue weighted by atomic mass is 9.67. The van der Waals surface area contributed by atoms with Crippen molar-refractivity contribution in [2.24, 2.45) is 5.41 Å². The van der Waals surface area contributed by atoms with E-state index in [-0.39, 0.29) is 37.3 Å². The fourth-order valence-corrected chi connectivity index (χ4v) is 6.35. The van der Waals surface area contributed by atoms with Crippen LogP contribution < -0.4 is 4.72 Å². The molecule has 0 spiro atoms. The number of hydrogen-bond acceptors (Lipinski definition) is 5. The predicted molar refractivity (Wildman–Crippen MR) is 77.1 cm³/mol. The van der Waals surface area contributed by atoms with Crippen LogP contribution in [0.2, 0.25) is 0 Å². The summed E-state index contributed by atoms with van der Waals surface area (Å²) in [4.78, 5) is 10.9. The van der Waals surface area contributed by atoms with E-state index >= 15 is 0 Å². The molecule has 9 heteroatoms. The largest absolute Gasteiger partial charge is 0.481 e. The van der Waals surface area contributed by atoms with Gasteiger partial charge in [-0.05, 0) is 31.1 Å². The van der Waals surface area contributed by atoms with Crippen LogP contribution in [0.25, 0.3) is 0 Å². The third-order valence-electron chi connectivity index (χ3n) is 4.53. The minimum absolute atomic E-state index is 0.0332. The number of sulfone groups is 1. The van der Waals surface area contributed by atoms with Gasteiger partial charge in [-0.2, -0.15) is 0 Å². The Bertz CT molecular complexity index is 592. The molecule has 7 nitrogen and oxygen atoms in total. The summed E-state index contributed by atoms with van der Waals surface area (Å²) in [5.41, 5.74) is -0.473. The van der Waals surface area contributed by atoms with Crippen molar-refractivity contribution in [2.75, 3.05) is 18.1 Å². The van der Waals surface area contributed by atoms with Gasteiger partial charge in [-0.1, -0.05) is 6.42 Å². The standard InChI is InChI=1S/C12H21NO6S2/c14-11(15)8-12(4-1-5-12)9-13-21(18,19)10-2-6-20(16,17)7-3-10/h10,13H,1-9H2,(H,14,15). The molecular formula is C12H21NO6S2. The average molecular weight is 339 g/mol. The maximum absolute atomic E-state index is 12.2. The Kier molecular flexibility index (Phi) is 4.65. The van der Waals surface area contributed by atoms with Crippen molar-refractivity contribution >= 4 is 25.8 Å². The SMILES string of the molecule is O=C(O)CC1(CNS(=O)(=O)C2CCS(=O)(=O)CC2)CCC1. The second kappa shape index (κ2) is 5.85. The summed E-state index contributed by atoms with van der Waals surface area (Å²) in [6, 6.07) is 0. The fraction of sp³-hybridized carbons (Fsp3) is 0.917. The van der Waals surface area contributed by atoms with Crippen LogP contribution in [0.1, 0.15) is 38.5 Å². The van der Waals surface area contributed by atoms with Crippen LogP contribution in [0.3, 0.4) is 0 Å². The first kappa shape index (κ1) is 16.7. The Morgan fingerprint density at radius 3 is 2.24 bits per heavy atom. The maximum Gasteiger partial charge on any atom is 0.303 e. The van der Waals surface area contributed by atoms with Crippen molar-refractivity contribution in [3.8, 4) is 0 Å². The predicted octanol–water partition coefficient (Wildman–Crippen LogP) is 0.128. The Morgan fingerprint density at radius 1 is 1.24 bits per heavy atom. The minimum atomic E-state index is -3.59. The quantitative estimate of drug-likeness (QED) is 0.710. The molecule has 1 saturated carbocycles. The fourth-order valence-electron chi connectivity index (χ4n) is 2.96. The highest BCUT2D eigenvalue weighted by atomic mass is 32.2. The zero-order chi connectivity index (χ0) is 15.7. The zero-order valence-corrected chi connectivity index (χ0v) is 13.4. The van der Waals surface area contributed by atoms with Crippen LogP contribution in [-0.4, -0.2) is 51.2 Å². The van der Waals surface area contributed by atoms with Gasteiger partial charge in [0.2, 0.25) is 10.0 Å². The Hall–Kier alpha value is -0.670. The molecule has 0 unspecified atom stereocenters. The van der Waals surface area contributed by atoms with Gasteiger partial charge in [0.15, 0.2) is 0 Å². The van der Waals surface area contributed by atoms with Gasteiger partial charge in [-0.15, -0.1) is 0 Å². The van der Waals surface area contributed by atoms with E-state index in [1.165, 1.54) is 0 Å². The van der Waals surface area contributed by atoms with Crippen LogP contribution in [-0.2, 0) is 24.7 Å². The number of carboxylic acid groups (broad SMARTS) is 1. The van der Waals surface area contributed by atoms with E-state index in [4.69, 9.17) is 5.11 Å². The lowest BCUT2D eigenvalue weighted by molar-refractivity contribution is -0.141. The third kappa shape index (κ3) is 4.17. The van der Waals surface area contributed by atoms with E-state index in [1.807, 2.05) is 0 Å². The number of hydrogen-bond donors (Lipinski definition) is 2. The van der Waals surface area contributed by atoms with E-state index < -0.39 is 36.5 Å². The first-order chi connectivity index (χ1) is 9.64. The molecule has 0 radical (unpaired) electrons. The lowest BCUT2D eigenvalue weighted by Gasteiger charge is -2.41. The zero-order valence-electron chi connectivity index (χ0n) is 11.7. The molecule has 2 rings (SSSR count). The second-order valence-corrected chi connectivity index (χ2v) is 10.5. The molecule has 0 bridgehead atoms. The smallest absolute Gasteiger partial charge is 0.303 e. The lowest BCUT2D eigenvalue weighted by Crippen LogP contribution is -2.47. The summed E-state index contributed by atoms with van der Waals surface area (Å²) in [6.07, 6.45) is 2.53. The molecule has 1 aliphatic carbocycles. The molecule has 0 aromatic heterocycles. The van der Waals surface area contributed by atoms with Crippen molar-refractivity contribution in [1.29, 1.82) is 0 Å². The number of carbonyl (C=O) groups is 1. The molecule has 2 N–H and O–H groups in total. The molecule has 122 valence electrons. The van der Waals surface area contributed by atoms with Crippen LogP contribution in [0.4, 0.5) is 0 Å². The highest BCUT2D eigenvalue weighted by molar-refractivity contribution is 7.92. The molecule has 1 aliphatic heterocycles. The number of rotatable bonds is 6. The second-order valence-electron chi connectivity index (χ2n) is 6.14. The molecule has 0 aromatic rings. The molecule has 0 aromatic carbocycles. The van der Waals surface area contributed by atoms with Gasteiger partial charge in [0.05, 0.1) is 23.2 Å². The summed E-state index contributed by atoms with van der Waals surface area (Å²) >= 11 is 0. The van der Waals surface area contributed by atoms with Gasteiger partial charge >= 0.3 is 5.97 Å². The van der Waals surface area contributed by atoms with Gasteiger partial charge in [0.1, 0.15) is 9.84 Å². The summed E-state index contributed by atoms with van der Waals surface area (Å²) < 4.78 is 49.6. The average Bonchev–Trinajstić information content (AvgIpc) is 2.31. The molecule has 2 fully saturated rings. The first-order valence-electron chi connectivity index (χ1n) is 7.05. The monoisotopic (exact) mass is 339 g/mol. The third-order valence-corrected chi connectivity index (χ3v) is 8.14. The highest BCUT2D eigenvalue weighted by Crippen LogP contribution is 2.43. The van der Waals surface area contributed by atoms with E-state index in [0.717, 1.165) is 6.42 Å². The van der Waals surface area contributed by atoms with Gasteiger partial charge in [0, 0.05) is 6.54 Å². The van der Waals surface area contributed by atoms with Crippen LogP contribution in [0.15, 0.2) is 0 Å². The molecule has 1 heterocycles. The topological polar surface area (TPSA) is 118 Å². The maximum atomic E-state index is 12.2. The number of carboxylic acids is 1. The van der Waals surface area contributed by atoms with E-state index in [1.54, 1.807) is 0 Å². The van der Waals surface area contributed by atoms with E-state index in [0.29, 0.717) is 12.8 Å². The summed E-state index contributed by atoms with van der Waals surface area (Å²) in [7, 11) is -6.68. The van der Waals surface area contributed by atoms with Crippen molar-refractivity contribution < 1.29 is 26.7 Å². The number of aliphatic carboxylic acids is 1. The van der Waals surface area contributed by atoms with Crippen LogP contribution >= 0.6 is 0 Å². The first-order valence-corrected chi connectivity index (χ1v) is 10.4. The Balaban J connectivity index is 1.94. The van der Waals surface area contributed by atoms with Crippen molar-refractivity contribution in [2.45, 2.75) is 43.8 Å². The van der Waals surface area contributed by atoms with Gasteiger partial charge in [0.25, 0.3) is 0 Å². The molecule has 21 heavy (non-hydrogen) atoms. The van der Waals surface area contributed by atoms with Gasteiger partial charge in [-0.25, -0.2) is 21.6 Å². The number of sulfonamides is 1. The minimum Gasteiger partial charge on any atom is -0.481 e. The molecule has 1 saturated heterocycles. The Morgan fingerprint density at radius 2 is 1.81 bits per heavy atom. The normalized spacial score (nSPS) is 25.1.